The average Bonchev–Trinajstić information content (AvgIpc) is 2.67. The van der Waals surface area contributed by atoms with E-state index in [2.05, 4.69) is 0 Å². The lowest BCUT2D eigenvalue weighted by molar-refractivity contribution is -0.124. The summed E-state index contributed by atoms with van der Waals surface area (Å²) in [5, 5.41) is 0. The first-order valence-corrected chi connectivity index (χ1v) is 8.60. The molecule has 1 aliphatic carbocycles. The number of rotatable bonds is 4. The Kier molecular flexibility index (Phi) is 5.09. The van der Waals surface area contributed by atoms with Crippen LogP contribution in [0.5, 0.6) is 0 Å². The SMILES string of the molecule is CN(C(=O)C1CCCCC1C(=O)c1ccccc1)c1ccccc1. The Morgan fingerprint density at radius 3 is 2.00 bits per heavy atom. The number of anilines is 1. The quantitative estimate of drug-likeness (QED) is 0.786. The fourth-order valence-corrected chi connectivity index (χ4v) is 3.58. The first kappa shape index (κ1) is 16.4. The van der Waals surface area contributed by atoms with Crippen molar-refractivity contribution in [3.8, 4) is 0 Å². The molecule has 0 bridgehead atoms. The highest BCUT2D eigenvalue weighted by atomic mass is 16.2. The Morgan fingerprint density at radius 2 is 1.38 bits per heavy atom. The van der Waals surface area contributed by atoms with Gasteiger partial charge in [-0.2, -0.15) is 0 Å². The van der Waals surface area contributed by atoms with Crippen molar-refractivity contribution >= 4 is 17.4 Å². The summed E-state index contributed by atoms with van der Waals surface area (Å²) in [6.45, 7) is 0. The molecule has 0 aliphatic heterocycles. The Balaban J connectivity index is 1.82. The molecule has 0 heterocycles. The van der Waals surface area contributed by atoms with Crippen LogP contribution in [0.4, 0.5) is 5.69 Å². The Hall–Kier alpha value is -2.42. The molecule has 24 heavy (non-hydrogen) atoms. The molecule has 0 saturated heterocycles. The molecule has 1 fully saturated rings. The van der Waals surface area contributed by atoms with E-state index in [1.807, 2.05) is 60.7 Å². The maximum atomic E-state index is 13.0. The number of carbonyl (C=O) groups is 2. The second kappa shape index (κ2) is 7.43. The molecule has 2 aromatic rings. The lowest BCUT2D eigenvalue weighted by Crippen LogP contribution is -2.41. The molecule has 0 radical (unpaired) electrons. The van der Waals surface area contributed by atoms with Crippen LogP contribution in [0.1, 0.15) is 36.0 Å². The monoisotopic (exact) mass is 321 g/mol. The minimum atomic E-state index is -0.225. The van der Waals surface area contributed by atoms with Gasteiger partial charge in [-0.05, 0) is 25.0 Å². The van der Waals surface area contributed by atoms with Crippen molar-refractivity contribution in [1.82, 2.24) is 0 Å². The topological polar surface area (TPSA) is 37.4 Å². The first-order valence-electron chi connectivity index (χ1n) is 8.60. The molecule has 0 N–H and O–H groups in total. The Bertz CT molecular complexity index is 696. The van der Waals surface area contributed by atoms with Crippen LogP contribution in [0.25, 0.3) is 0 Å². The van der Waals surface area contributed by atoms with Crippen molar-refractivity contribution < 1.29 is 9.59 Å². The third kappa shape index (κ3) is 3.40. The third-order valence-electron chi connectivity index (χ3n) is 4.95. The maximum absolute atomic E-state index is 13.0. The lowest BCUT2D eigenvalue weighted by atomic mass is 9.74. The fourth-order valence-electron chi connectivity index (χ4n) is 3.58. The van der Waals surface area contributed by atoms with Gasteiger partial charge in [0.05, 0.1) is 0 Å². The summed E-state index contributed by atoms with van der Waals surface area (Å²) in [4.78, 5) is 27.6. The zero-order valence-corrected chi connectivity index (χ0v) is 14.0. The second-order valence-corrected chi connectivity index (χ2v) is 6.46. The summed E-state index contributed by atoms with van der Waals surface area (Å²) in [7, 11) is 1.80. The molecule has 124 valence electrons. The van der Waals surface area contributed by atoms with Gasteiger partial charge >= 0.3 is 0 Å². The van der Waals surface area contributed by atoms with Gasteiger partial charge in [-0.3, -0.25) is 9.59 Å². The van der Waals surface area contributed by atoms with Crippen LogP contribution < -0.4 is 4.90 Å². The van der Waals surface area contributed by atoms with Crippen LogP contribution >= 0.6 is 0 Å². The van der Waals surface area contributed by atoms with Gasteiger partial charge in [0.2, 0.25) is 5.91 Å². The molecule has 3 nitrogen and oxygen atoms in total. The smallest absolute Gasteiger partial charge is 0.230 e. The molecule has 0 aromatic heterocycles. The van der Waals surface area contributed by atoms with Crippen LogP contribution in [0.15, 0.2) is 60.7 Å². The van der Waals surface area contributed by atoms with Gasteiger partial charge < -0.3 is 4.90 Å². The number of Topliss-reactive ketones (excluding diaryl/α,β-unsaturated/α-hetero) is 1. The molecular weight excluding hydrogens is 298 g/mol. The van der Waals surface area contributed by atoms with E-state index < -0.39 is 0 Å². The standard InChI is InChI=1S/C21H23NO2/c1-22(17-12-6-3-7-13-17)21(24)19-15-9-8-14-18(19)20(23)16-10-4-2-5-11-16/h2-7,10-13,18-19H,8-9,14-15H2,1H3. The Labute approximate surface area is 143 Å². The molecule has 1 saturated carbocycles. The van der Waals surface area contributed by atoms with Crippen molar-refractivity contribution in [3.63, 3.8) is 0 Å². The van der Waals surface area contributed by atoms with E-state index in [0.29, 0.717) is 5.56 Å². The van der Waals surface area contributed by atoms with Gasteiger partial charge in [0.1, 0.15) is 0 Å². The maximum Gasteiger partial charge on any atom is 0.230 e. The number of benzene rings is 2. The number of ketones is 1. The second-order valence-electron chi connectivity index (χ2n) is 6.46. The van der Waals surface area contributed by atoms with Gasteiger partial charge in [0.25, 0.3) is 0 Å². The molecule has 2 aromatic carbocycles. The molecule has 1 amide bonds. The van der Waals surface area contributed by atoms with E-state index in [4.69, 9.17) is 0 Å². The van der Waals surface area contributed by atoms with E-state index in [9.17, 15) is 9.59 Å². The lowest BCUT2D eigenvalue weighted by Gasteiger charge is -2.32. The van der Waals surface area contributed by atoms with E-state index in [0.717, 1.165) is 31.4 Å². The van der Waals surface area contributed by atoms with Gasteiger partial charge in [0, 0.05) is 30.1 Å². The number of para-hydroxylation sites is 1. The highest BCUT2D eigenvalue weighted by Crippen LogP contribution is 2.34. The van der Waals surface area contributed by atoms with Crippen molar-refractivity contribution in [2.24, 2.45) is 11.8 Å². The predicted octanol–water partition coefficient (Wildman–Crippen LogP) is 4.34. The summed E-state index contributed by atoms with van der Waals surface area (Å²) in [6, 6.07) is 19.0. The van der Waals surface area contributed by atoms with E-state index in [-0.39, 0.29) is 23.5 Å². The van der Waals surface area contributed by atoms with Crippen LogP contribution in [-0.4, -0.2) is 18.7 Å². The minimum Gasteiger partial charge on any atom is -0.315 e. The third-order valence-corrected chi connectivity index (χ3v) is 4.95. The molecule has 1 aliphatic rings. The summed E-state index contributed by atoms with van der Waals surface area (Å²) in [5.41, 5.74) is 1.59. The number of carbonyl (C=O) groups excluding carboxylic acids is 2. The fraction of sp³-hybridized carbons (Fsp3) is 0.333. The van der Waals surface area contributed by atoms with Crippen LogP contribution in [-0.2, 0) is 4.79 Å². The van der Waals surface area contributed by atoms with E-state index in [1.165, 1.54) is 0 Å². The summed E-state index contributed by atoms with van der Waals surface area (Å²) in [5.74, 6) is -0.276. The molecule has 2 unspecified atom stereocenters. The molecule has 3 heteroatoms. The van der Waals surface area contributed by atoms with Crippen LogP contribution in [0.3, 0.4) is 0 Å². The summed E-state index contributed by atoms with van der Waals surface area (Å²) < 4.78 is 0. The number of hydrogen-bond donors (Lipinski definition) is 0. The van der Waals surface area contributed by atoms with Crippen LogP contribution in [0.2, 0.25) is 0 Å². The van der Waals surface area contributed by atoms with Gasteiger partial charge in [-0.25, -0.2) is 0 Å². The number of hydrogen-bond acceptors (Lipinski definition) is 2. The zero-order valence-electron chi connectivity index (χ0n) is 14.0. The van der Waals surface area contributed by atoms with Crippen molar-refractivity contribution in [2.75, 3.05) is 11.9 Å². The molecule has 0 spiro atoms. The van der Waals surface area contributed by atoms with Gasteiger partial charge in [0.15, 0.2) is 5.78 Å². The van der Waals surface area contributed by atoms with Crippen LogP contribution in [0, 0.1) is 11.8 Å². The summed E-state index contributed by atoms with van der Waals surface area (Å²) >= 11 is 0. The first-order chi connectivity index (χ1) is 11.7. The van der Waals surface area contributed by atoms with Crippen molar-refractivity contribution in [1.29, 1.82) is 0 Å². The number of nitrogens with zero attached hydrogens (tertiary/aromatic N) is 1. The van der Waals surface area contributed by atoms with E-state index in [1.54, 1.807) is 11.9 Å². The Morgan fingerprint density at radius 1 is 0.833 bits per heavy atom. The zero-order chi connectivity index (χ0) is 16.9. The minimum absolute atomic E-state index is 0.0511. The summed E-state index contributed by atoms with van der Waals surface area (Å²) in [6.07, 6.45) is 3.62. The van der Waals surface area contributed by atoms with Crippen molar-refractivity contribution in [3.05, 3.63) is 66.2 Å². The van der Waals surface area contributed by atoms with Crippen molar-refractivity contribution in [2.45, 2.75) is 25.7 Å². The largest absolute Gasteiger partial charge is 0.315 e. The number of amides is 1. The predicted molar refractivity (Wildman–Crippen MR) is 96.1 cm³/mol. The molecule has 3 rings (SSSR count). The highest BCUT2D eigenvalue weighted by molar-refractivity contribution is 6.03. The normalized spacial score (nSPS) is 20.4. The van der Waals surface area contributed by atoms with E-state index >= 15 is 0 Å². The average molecular weight is 321 g/mol. The molecule has 2 atom stereocenters. The highest BCUT2D eigenvalue weighted by Gasteiger charge is 2.37. The van der Waals surface area contributed by atoms with Gasteiger partial charge in [-0.1, -0.05) is 61.4 Å². The molecular formula is C21H23NO2. The van der Waals surface area contributed by atoms with Gasteiger partial charge in [-0.15, -0.1) is 0 Å².